The van der Waals surface area contributed by atoms with Gasteiger partial charge in [0.15, 0.2) is 0 Å². The van der Waals surface area contributed by atoms with E-state index in [2.05, 4.69) is 31.4 Å². The van der Waals surface area contributed by atoms with Gasteiger partial charge < -0.3 is 10.6 Å². The van der Waals surface area contributed by atoms with Gasteiger partial charge in [-0.1, -0.05) is 20.8 Å². The quantitative estimate of drug-likeness (QED) is 0.694. The number of piperidine rings is 1. The summed E-state index contributed by atoms with van der Waals surface area (Å²) in [7, 11) is 0. The zero-order chi connectivity index (χ0) is 9.68. The Morgan fingerprint density at radius 3 is 2.69 bits per heavy atom. The molecule has 1 aliphatic rings. The predicted octanol–water partition coefficient (Wildman–Crippen LogP) is 1.62. The lowest BCUT2D eigenvalue weighted by Gasteiger charge is -2.26. The molecule has 0 bridgehead atoms. The van der Waals surface area contributed by atoms with Crippen LogP contribution in [0.5, 0.6) is 0 Å². The molecule has 78 valence electrons. The van der Waals surface area contributed by atoms with Crippen LogP contribution in [0.3, 0.4) is 0 Å². The van der Waals surface area contributed by atoms with Crippen molar-refractivity contribution in [2.24, 2.45) is 11.8 Å². The standard InChI is InChI=1S/C11H24N2/c1-9(2)10(3)7-13-11-5-4-6-12-8-11/h9-13H,4-8H2,1-3H3. The van der Waals surface area contributed by atoms with E-state index in [4.69, 9.17) is 0 Å². The highest BCUT2D eigenvalue weighted by Crippen LogP contribution is 2.09. The van der Waals surface area contributed by atoms with E-state index in [9.17, 15) is 0 Å². The zero-order valence-corrected chi connectivity index (χ0v) is 9.27. The maximum Gasteiger partial charge on any atom is 0.0193 e. The second-order valence-corrected chi connectivity index (χ2v) is 4.67. The molecule has 1 rings (SSSR count). The monoisotopic (exact) mass is 184 g/mol. The molecular weight excluding hydrogens is 160 g/mol. The third-order valence-electron chi connectivity index (χ3n) is 3.16. The van der Waals surface area contributed by atoms with Crippen molar-refractivity contribution in [1.29, 1.82) is 0 Å². The van der Waals surface area contributed by atoms with Crippen molar-refractivity contribution in [2.75, 3.05) is 19.6 Å². The fraction of sp³-hybridized carbons (Fsp3) is 1.00. The number of hydrogen-bond acceptors (Lipinski definition) is 2. The molecule has 0 aromatic rings. The van der Waals surface area contributed by atoms with Crippen molar-refractivity contribution in [3.63, 3.8) is 0 Å². The Morgan fingerprint density at radius 2 is 2.15 bits per heavy atom. The van der Waals surface area contributed by atoms with Crippen molar-refractivity contribution >= 4 is 0 Å². The van der Waals surface area contributed by atoms with Crippen LogP contribution in [0.15, 0.2) is 0 Å². The molecule has 0 aromatic carbocycles. The predicted molar refractivity (Wildman–Crippen MR) is 57.9 cm³/mol. The molecule has 2 atom stereocenters. The largest absolute Gasteiger partial charge is 0.315 e. The van der Waals surface area contributed by atoms with Gasteiger partial charge in [-0.05, 0) is 37.8 Å². The molecule has 1 heterocycles. The van der Waals surface area contributed by atoms with Crippen molar-refractivity contribution in [2.45, 2.75) is 39.7 Å². The maximum atomic E-state index is 3.64. The van der Waals surface area contributed by atoms with Crippen molar-refractivity contribution in [1.82, 2.24) is 10.6 Å². The van der Waals surface area contributed by atoms with Crippen LogP contribution < -0.4 is 10.6 Å². The van der Waals surface area contributed by atoms with Gasteiger partial charge in [-0.15, -0.1) is 0 Å². The minimum atomic E-state index is 0.718. The third kappa shape index (κ3) is 4.10. The Balaban J connectivity index is 2.10. The van der Waals surface area contributed by atoms with Crippen LogP contribution in [0.25, 0.3) is 0 Å². The Morgan fingerprint density at radius 1 is 1.38 bits per heavy atom. The van der Waals surface area contributed by atoms with E-state index >= 15 is 0 Å². The molecule has 2 N–H and O–H groups in total. The minimum Gasteiger partial charge on any atom is -0.315 e. The summed E-state index contributed by atoms with van der Waals surface area (Å²) in [6, 6.07) is 0.718. The molecule has 13 heavy (non-hydrogen) atoms. The fourth-order valence-corrected chi connectivity index (χ4v) is 1.61. The first-order chi connectivity index (χ1) is 6.20. The highest BCUT2D eigenvalue weighted by atomic mass is 15.0. The molecule has 0 aromatic heterocycles. The molecule has 2 unspecified atom stereocenters. The molecule has 2 heteroatoms. The van der Waals surface area contributed by atoms with E-state index in [1.165, 1.54) is 25.9 Å². The summed E-state index contributed by atoms with van der Waals surface area (Å²) in [6.07, 6.45) is 2.67. The maximum absolute atomic E-state index is 3.64. The van der Waals surface area contributed by atoms with Crippen LogP contribution in [-0.4, -0.2) is 25.7 Å². The summed E-state index contributed by atoms with van der Waals surface area (Å²) in [5.41, 5.74) is 0. The Kier molecular flexibility index (Phi) is 4.74. The van der Waals surface area contributed by atoms with Gasteiger partial charge in [0.25, 0.3) is 0 Å². The topological polar surface area (TPSA) is 24.1 Å². The average molecular weight is 184 g/mol. The van der Waals surface area contributed by atoms with Crippen LogP contribution in [0.2, 0.25) is 0 Å². The lowest BCUT2D eigenvalue weighted by molar-refractivity contribution is 0.331. The summed E-state index contributed by atoms with van der Waals surface area (Å²) in [4.78, 5) is 0. The Hall–Kier alpha value is -0.0800. The first-order valence-corrected chi connectivity index (χ1v) is 5.64. The molecule has 0 spiro atoms. The molecule has 2 nitrogen and oxygen atoms in total. The third-order valence-corrected chi connectivity index (χ3v) is 3.16. The van der Waals surface area contributed by atoms with Gasteiger partial charge >= 0.3 is 0 Å². The van der Waals surface area contributed by atoms with E-state index in [1.807, 2.05) is 0 Å². The Bertz CT molecular complexity index is 128. The summed E-state index contributed by atoms with van der Waals surface area (Å²) >= 11 is 0. The van der Waals surface area contributed by atoms with Crippen LogP contribution in [0.4, 0.5) is 0 Å². The van der Waals surface area contributed by atoms with Gasteiger partial charge in [-0.3, -0.25) is 0 Å². The first kappa shape index (κ1) is 11.0. The molecule has 0 radical (unpaired) electrons. The van der Waals surface area contributed by atoms with E-state index in [-0.39, 0.29) is 0 Å². The van der Waals surface area contributed by atoms with Gasteiger partial charge in [0.1, 0.15) is 0 Å². The molecule has 1 saturated heterocycles. The summed E-state index contributed by atoms with van der Waals surface area (Å²) in [5, 5.41) is 7.07. The highest BCUT2D eigenvalue weighted by molar-refractivity contribution is 4.76. The molecule has 1 fully saturated rings. The summed E-state index contributed by atoms with van der Waals surface area (Å²) < 4.78 is 0. The smallest absolute Gasteiger partial charge is 0.0193 e. The number of hydrogen-bond donors (Lipinski definition) is 2. The summed E-state index contributed by atoms with van der Waals surface area (Å²) in [6.45, 7) is 10.5. The molecule has 0 aliphatic carbocycles. The van der Waals surface area contributed by atoms with E-state index in [1.54, 1.807) is 0 Å². The normalized spacial score (nSPS) is 26.3. The van der Waals surface area contributed by atoms with Crippen LogP contribution >= 0.6 is 0 Å². The van der Waals surface area contributed by atoms with Crippen LogP contribution in [-0.2, 0) is 0 Å². The number of rotatable bonds is 4. The van der Waals surface area contributed by atoms with Gasteiger partial charge in [0.05, 0.1) is 0 Å². The SMILES string of the molecule is CC(C)C(C)CNC1CCCNC1. The van der Waals surface area contributed by atoms with Crippen molar-refractivity contribution < 1.29 is 0 Å². The van der Waals surface area contributed by atoms with E-state index < -0.39 is 0 Å². The lowest BCUT2D eigenvalue weighted by atomic mass is 9.97. The Labute approximate surface area is 82.5 Å². The van der Waals surface area contributed by atoms with E-state index in [0.717, 1.165) is 24.4 Å². The molecule has 0 amide bonds. The molecule has 0 saturated carbocycles. The average Bonchev–Trinajstić information content (AvgIpc) is 2.15. The fourth-order valence-electron chi connectivity index (χ4n) is 1.61. The highest BCUT2D eigenvalue weighted by Gasteiger charge is 2.14. The second kappa shape index (κ2) is 5.61. The van der Waals surface area contributed by atoms with Gasteiger partial charge in [-0.2, -0.15) is 0 Å². The molecular formula is C11H24N2. The number of nitrogens with one attached hydrogen (secondary N) is 2. The lowest BCUT2D eigenvalue weighted by Crippen LogP contribution is -2.44. The van der Waals surface area contributed by atoms with E-state index in [0.29, 0.717) is 0 Å². The van der Waals surface area contributed by atoms with Crippen molar-refractivity contribution in [3.05, 3.63) is 0 Å². The molecule has 1 aliphatic heterocycles. The second-order valence-electron chi connectivity index (χ2n) is 4.67. The van der Waals surface area contributed by atoms with Crippen LogP contribution in [0, 0.1) is 11.8 Å². The van der Waals surface area contributed by atoms with Gasteiger partial charge in [0.2, 0.25) is 0 Å². The van der Waals surface area contributed by atoms with Crippen LogP contribution in [0.1, 0.15) is 33.6 Å². The summed E-state index contributed by atoms with van der Waals surface area (Å²) in [5.74, 6) is 1.59. The first-order valence-electron chi connectivity index (χ1n) is 5.64. The minimum absolute atomic E-state index is 0.718. The van der Waals surface area contributed by atoms with Crippen molar-refractivity contribution in [3.8, 4) is 0 Å². The van der Waals surface area contributed by atoms with Gasteiger partial charge in [-0.25, -0.2) is 0 Å². The zero-order valence-electron chi connectivity index (χ0n) is 9.27. The van der Waals surface area contributed by atoms with Gasteiger partial charge in [0, 0.05) is 12.6 Å².